The molecule has 1 aliphatic rings. The van der Waals surface area contributed by atoms with E-state index in [1.54, 1.807) is 0 Å². The molecule has 1 aliphatic heterocycles. The third-order valence-electron chi connectivity index (χ3n) is 3.68. The van der Waals surface area contributed by atoms with E-state index in [-0.39, 0.29) is 6.10 Å². The fourth-order valence-corrected chi connectivity index (χ4v) is 2.83. The highest BCUT2D eigenvalue weighted by atomic mass is 79.9. The summed E-state index contributed by atoms with van der Waals surface area (Å²) in [6, 6.07) is 6.60. The molecule has 0 saturated heterocycles. The van der Waals surface area contributed by atoms with Crippen LogP contribution in [-0.4, -0.2) is 31.9 Å². The molecule has 20 heavy (non-hydrogen) atoms. The molecule has 1 heterocycles. The van der Waals surface area contributed by atoms with E-state index in [4.69, 9.17) is 9.47 Å². The summed E-state index contributed by atoms with van der Waals surface area (Å²) in [6.07, 6.45) is 1.20. The van der Waals surface area contributed by atoms with Crippen LogP contribution in [0.3, 0.4) is 0 Å². The van der Waals surface area contributed by atoms with Crippen molar-refractivity contribution in [1.82, 2.24) is 5.32 Å². The summed E-state index contributed by atoms with van der Waals surface area (Å²) >= 11 is 3.51. The van der Waals surface area contributed by atoms with Crippen LogP contribution in [0.15, 0.2) is 22.7 Å². The normalized spacial score (nSPS) is 18.9. The number of ether oxygens (including phenoxy) is 2. The Morgan fingerprint density at radius 3 is 2.95 bits per heavy atom. The van der Waals surface area contributed by atoms with Crippen molar-refractivity contribution in [2.75, 3.05) is 19.8 Å². The van der Waals surface area contributed by atoms with Gasteiger partial charge >= 0.3 is 0 Å². The number of benzene rings is 1. The summed E-state index contributed by atoms with van der Waals surface area (Å²) in [5.41, 5.74) is 1.29. The number of hydrogen-bond acceptors (Lipinski definition) is 3. The van der Waals surface area contributed by atoms with Crippen molar-refractivity contribution in [2.24, 2.45) is 5.92 Å². The zero-order chi connectivity index (χ0) is 14.5. The van der Waals surface area contributed by atoms with Crippen molar-refractivity contribution in [3.63, 3.8) is 0 Å². The van der Waals surface area contributed by atoms with Crippen molar-refractivity contribution >= 4 is 15.9 Å². The van der Waals surface area contributed by atoms with Gasteiger partial charge in [0.15, 0.2) is 0 Å². The highest BCUT2D eigenvalue weighted by Gasteiger charge is 2.24. The SMILES string of the molecule is CCOCC(NCC1Cc2cc(Br)ccc2O1)C(C)C. The molecule has 0 amide bonds. The number of rotatable bonds is 7. The second-order valence-electron chi connectivity index (χ2n) is 5.61. The molecule has 2 rings (SSSR count). The van der Waals surface area contributed by atoms with E-state index in [9.17, 15) is 0 Å². The smallest absolute Gasteiger partial charge is 0.123 e. The minimum Gasteiger partial charge on any atom is -0.488 e. The molecule has 112 valence electrons. The number of nitrogens with one attached hydrogen (secondary N) is 1. The molecule has 1 aromatic carbocycles. The molecule has 3 nitrogen and oxygen atoms in total. The molecule has 2 unspecified atom stereocenters. The topological polar surface area (TPSA) is 30.5 Å². The molecular weight excluding hydrogens is 318 g/mol. The van der Waals surface area contributed by atoms with E-state index >= 15 is 0 Å². The second kappa shape index (κ2) is 7.43. The fraction of sp³-hybridized carbons (Fsp3) is 0.625. The highest BCUT2D eigenvalue weighted by molar-refractivity contribution is 9.10. The molecule has 0 spiro atoms. The predicted molar refractivity (Wildman–Crippen MR) is 85.4 cm³/mol. The summed E-state index contributed by atoms with van der Waals surface area (Å²) in [4.78, 5) is 0. The Bertz CT molecular complexity index is 436. The standard InChI is InChI=1S/C16H24BrNO2/c1-4-19-10-15(11(2)3)18-9-14-8-12-7-13(17)5-6-16(12)20-14/h5-7,11,14-15,18H,4,8-10H2,1-3H3. The summed E-state index contributed by atoms with van der Waals surface area (Å²) in [5, 5.41) is 3.58. The molecule has 0 bridgehead atoms. The minimum absolute atomic E-state index is 0.224. The molecule has 0 radical (unpaired) electrons. The fourth-order valence-electron chi connectivity index (χ4n) is 2.42. The maximum absolute atomic E-state index is 5.97. The number of fused-ring (bicyclic) bond motifs is 1. The number of hydrogen-bond donors (Lipinski definition) is 1. The first-order chi connectivity index (χ1) is 9.60. The molecule has 4 heteroatoms. The molecule has 0 fully saturated rings. The summed E-state index contributed by atoms with van der Waals surface area (Å²) in [5.74, 6) is 1.57. The molecule has 1 N–H and O–H groups in total. The lowest BCUT2D eigenvalue weighted by Crippen LogP contribution is -2.43. The molecule has 0 saturated carbocycles. The Kier molecular flexibility index (Phi) is 5.87. The zero-order valence-electron chi connectivity index (χ0n) is 12.5. The van der Waals surface area contributed by atoms with Gasteiger partial charge in [-0.3, -0.25) is 0 Å². The zero-order valence-corrected chi connectivity index (χ0v) is 14.1. The van der Waals surface area contributed by atoms with Gasteiger partial charge in [0.25, 0.3) is 0 Å². The van der Waals surface area contributed by atoms with E-state index in [1.807, 2.05) is 19.1 Å². The molecule has 0 aromatic heterocycles. The highest BCUT2D eigenvalue weighted by Crippen LogP contribution is 2.31. The first-order valence-corrected chi connectivity index (χ1v) is 8.15. The molecule has 2 atom stereocenters. The van der Waals surface area contributed by atoms with Crippen LogP contribution in [0.2, 0.25) is 0 Å². The lowest BCUT2D eigenvalue weighted by Gasteiger charge is -2.24. The summed E-state index contributed by atoms with van der Waals surface area (Å²) in [6.45, 7) is 8.87. The number of halogens is 1. The average molecular weight is 342 g/mol. The van der Waals surface area contributed by atoms with Gasteiger partial charge in [-0.1, -0.05) is 29.8 Å². The van der Waals surface area contributed by atoms with Crippen LogP contribution < -0.4 is 10.1 Å². The largest absolute Gasteiger partial charge is 0.488 e. The van der Waals surface area contributed by atoms with E-state index in [0.29, 0.717) is 12.0 Å². The van der Waals surface area contributed by atoms with Crippen LogP contribution in [0.1, 0.15) is 26.3 Å². The van der Waals surface area contributed by atoms with E-state index in [2.05, 4.69) is 41.2 Å². The van der Waals surface area contributed by atoms with Crippen LogP contribution in [0.25, 0.3) is 0 Å². The minimum atomic E-state index is 0.224. The third kappa shape index (κ3) is 4.21. The van der Waals surface area contributed by atoms with Gasteiger partial charge in [-0.15, -0.1) is 0 Å². The molecular formula is C16H24BrNO2. The van der Waals surface area contributed by atoms with E-state index in [0.717, 1.165) is 36.4 Å². The summed E-state index contributed by atoms with van der Waals surface area (Å²) in [7, 11) is 0. The Labute approximate surface area is 130 Å². The monoisotopic (exact) mass is 341 g/mol. The Balaban J connectivity index is 1.83. The van der Waals surface area contributed by atoms with Crippen LogP contribution in [-0.2, 0) is 11.2 Å². The molecule has 0 aliphatic carbocycles. The van der Waals surface area contributed by atoms with E-state index < -0.39 is 0 Å². The van der Waals surface area contributed by atoms with Gasteiger partial charge in [0.05, 0.1) is 6.61 Å². The maximum atomic E-state index is 5.97. The van der Waals surface area contributed by atoms with Crippen LogP contribution >= 0.6 is 15.9 Å². The first kappa shape index (κ1) is 15.8. The van der Waals surface area contributed by atoms with Crippen molar-refractivity contribution in [3.05, 3.63) is 28.2 Å². The van der Waals surface area contributed by atoms with Gasteiger partial charge in [-0.05, 0) is 36.6 Å². The second-order valence-corrected chi connectivity index (χ2v) is 6.53. The molecule has 1 aromatic rings. The van der Waals surface area contributed by atoms with Gasteiger partial charge in [0.1, 0.15) is 11.9 Å². The summed E-state index contributed by atoms with van der Waals surface area (Å²) < 4.78 is 12.6. The van der Waals surface area contributed by atoms with Gasteiger partial charge in [0, 0.05) is 30.1 Å². The Morgan fingerprint density at radius 2 is 2.25 bits per heavy atom. The van der Waals surface area contributed by atoms with Gasteiger partial charge in [0.2, 0.25) is 0 Å². The van der Waals surface area contributed by atoms with Crippen LogP contribution in [0.4, 0.5) is 0 Å². The lowest BCUT2D eigenvalue weighted by atomic mass is 10.0. The third-order valence-corrected chi connectivity index (χ3v) is 4.17. The van der Waals surface area contributed by atoms with Crippen molar-refractivity contribution in [2.45, 2.75) is 39.3 Å². The Morgan fingerprint density at radius 1 is 1.45 bits per heavy atom. The van der Waals surface area contributed by atoms with Gasteiger partial charge in [-0.25, -0.2) is 0 Å². The average Bonchev–Trinajstić information content (AvgIpc) is 2.80. The van der Waals surface area contributed by atoms with Gasteiger partial charge < -0.3 is 14.8 Å². The predicted octanol–water partition coefficient (Wildman–Crippen LogP) is 3.40. The van der Waals surface area contributed by atoms with Crippen LogP contribution in [0.5, 0.6) is 5.75 Å². The van der Waals surface area contributed by atoms with Crippen molar-refractivity contribution in [3.8, 4) is 5.75 Å². The Hall–Kier alpha value is -0.580. The maximum Gasteiger partial charge on any atom is 0.123 e. The first-order valence-electron chi connectivity index (χ1n) is 7.36. The quantitative estimate of drug-likeness (QED) is 0.824. The van der Waals surface area contributed by atoms with Crippen molar-refractivity contribution < 1.29 is 9.47 Å². The van der Waals surface area contributed by atoms with E-state index in [1.165, 1.54) is 5.56 Å². The van der Waals surface area contributed by atoms with Gasteiger partial charge in [-0.2, -0.15) is 0 Å². The van der Waals surface area contributed by atoms with Crippen molar-refractivity contribution in [1.29, 1.82) is 0 Å². The lowest BCUT2D eigenvalue weighted by molar-refractivity contribution is 0.102. The van der Waals surface area contributed by atoms with Crippen LogP contribution in [0, 0.1) is 5.92 Å².